The van der Waals surface area contributed by atoms with Crippen LogP contribution in [0.2, 0.25) is 0 Å². The zero-order valence-electron chi connectivity index (χ0n) is 19.0. The van der Waals surface area contributed by atoms with E-state index in [2.05, 4.69) is 44.7 Å². The van der Waals surface area contributed by atoms with Crippen LogP contribution in [0.15, 0.2) is 23.8 Å². The van der Waals surface area contributed by atoms with Crippen molar-refractivity contribution in [2.45, 2.75) is 83.2 Å². The van der Waals surface area contributed by atoms with Crippen LogP contribution < -0.4 is 4.74 Å². The first-order valence-corrected chi connectivity index (χ1v) is 11.2. The number of aliphatic hydroxyl groups excluding tert-OH is 1. The second-order valence-electron chi connectivity index (χ2n) is 10.0. The van der Waals surface area contributed by atoms with E-state index in [1.807, 2.05) is 6.07 Å². The van der Waals surface area contributed by atoms with E-state index in [1.54, 1.807) is 0 Å². The normalized spacial score (nSPS) is 22.0. The van der Waals surface area contributed by atoms with E-state index in [1.165, 1.54) is 0 Å². The Hall–Kier alpha value is -2.28. The molecule has 0 aromatic heterocycles. The third-order valence-corrected chi connectivity index (χ3v) is 7.01. The van der Waals surface area contributed by atoms with Gasteiger partial charge in [-0.3, -0.25) is 0 Å². The number of hydrogen-bond acceptors (Lipinski definition) is 6. The summed E-state index contributed by atoms with van der Waals surface area (Å²) in [7, 11) is 0. The second-order valence-corrected chi connectivity index (χ2v) is 10.0. The average Bonchev–Trinajstić information content (AvgIpc) is 2.69. The van der Waals surface area contributed by atoms with Gasteiger partial charge in [-0.15, -0.1) is 10.1 Å². The summed E-state index contributed by atoms with van der Waals surface area (Å²) in [5.41, 5.74) is 2.37. The van der Waals surface area contributed by atoms with Gasteiger partial charge >= 0.3 is 0 Å². The number of phenols is 1. The summed E-state index contributed by atoms with van der Waals surface area (Å²) < 4.78 is 6.42. The average molecular weight is 434 g/mol. The summed E-state index contributed by atoms with van der Waals surface area (Å²) in [5.74, 6) is 1.39. The Bertz CT molecular complexity index is 845. The van der Waals surface area contributed by atoms with E-state index in [0.717, 1.165) is 54.6 Å². The molecular formula is C24H35NO6. The van der Waals surface area contributed by atoms with Crippen molar-refractivity contribution in [1.29, 1.82) is 0 Å². The maximum absolute atomic E-state index is 11.0. The number of benzene rings is 1. The number of hydrogen-bond donors (Lipinski definition) is 2. The Morgan fingerprint density at radius 1 is 1.29 bits per heavy atom. The largest absolute Gasteiger partial charge is 0.508 e. The highest BCUT2D eigenvalue weighted by Gasteiger charge is 2.46. The minimum atomic E-state index is -0.752. The number of unbranched alkanes of at least 4 members (excludes halogenated alkanes) is 2. The van der Waals surface area contributed by atoms with E-state index in [4.69, 9.17) is 4.74 Å². The molecule has 0 amide bonds. The molecule has 0 bridgehead atoms. The molecule has 2 N–H and O–H groups in total. The molecule has 2 atom stereocenters. The van der Waals surface area contributed by atoms with Crippen LogP contribution in [0.5, 0.6) is 11.5 Å². The van der Waals surface area contributed by atoms with Crippen LogP contribution in [0.3, 0.4) is 0 Å². The van der Waals surface area contributed by atoms with Crippen molar-refractivity contribution < 1.29 is 24.9 Å². The molecule has 1 heterocycles. The first kappa shape index (κ1) is 23.4. The topological polar surface area (TPSA) is 102 Å². The van der Waals surface area contributed by atoms with Crippen LogP contribution in [0.1, 0.15) is 83.3 Å². The predicted octanol–water partition coefficient (Wildman–Crippen LogP) is 5.02. The predicted molar refractivity (Wildman–Crippen MR) is 118 cm³/mol. The van der Waals surface area contributed by atoms with Gasteiger partial charge in [-0.05, 0) is 68.2 Å². The fourth-order valence-electron chi connectivity index (χ4n) is 5.11. The Balaban J connectivity index is 1.77. The maximum atomic E-state index is 11.0. The van der Waals surface area contributed by atoms with Gasteiger partial charge in [0.15, 0.2) is 0 Å². The summed E-state index contributed by atoms with van der Waals surface area (Å²) in [5, 5.41) is 30.1. The Morgan fingerprint density at radius 2 is 2.03 bits per heavy atom. The quantitative estimate of drug-likeness (QED) is 0.245. The molecule has 1 aromatic rings. The van der Waals surface area contributed by atoms with Gasteiger partial charge in [0, 0.05) is 17.4 Å². The molecule has 1 aromatic carbocycles. The molecule has 0 saturated heterocycles. The molecule has 0 spiro atoms. The molecule has 1 aliphatic carbocycles. The fourth-order valence-corrected chi connectivity index (χ4v) is 5.11. The van der Waals surface area contributed by atoms with Gasteiger partial charge in [-0.1, -0.05) is 32.8 Å². The first-order chi connectivity index (χ1) is 14.5. The van der Waals surface area contributed by atoms with Gasteiger partial charge in [0.2, 0.25) is 0 Å². The van der Waals surface area contributed by atoms with E-state index in [9.17, 15) is 20.3 Å². The van der Waals surface area contributed by atoms with Crippen LogP contribution >= 0.6 is 0 Å². The highest BCUT2D eigenvalue weighted by Crippen LogP contribution is 2.54. The molecule has 172 valence electrons. The molecule has 0 fully saturated rings. The highest BCUT2D eigenvalue weighted by molar-refractivity contribution is 5.54. The van der Waals surface area contributed by atoms with Crippen molar-refractivity contribution in [3.05, 3.63) is 45.0 Å². The molecule has 0 saturated carbocycles. The zero-order chi connectivity index (χ0) is 22.8. The lowest BCUT2D eigenvalue weighted by Gasteiger charge is -2.47. The maximum Gasteiger partial charge on any atom is 0.294 e. The SMILES string of the molecule is CC(C)(CCCCCO[N+](=O)[O-])c1cc(O)c2c(c1)OC(C)(C)[C@@H]1CC=C(CO)C[C@@H]21. The first-order valence-electron chi connectivity index (χ1n) is 11.2. The molecular weight excluding hydrogens is 398 g/mol. The number of rotatable bonds is 9. The lowest BCUT2D eigenvalue weighted by molar-refractivity contribution is -0.757. The number of phenolic OH excluding ortho intramolecular Hbond substituents is 1. The van der Waals surface area contributed by atoms with E-state index < -0.39 is 5.09 Å². The van der Waals surface area contributed by atoms with Crippen molar-refractivity contribution in [2.75, 3.05) is 13.2 Å². The molecule has 3 rings (SSSR count). The van der Waals surface area contributed by atoms with Crippen molar-refractivity contribution in [3.8, 4) is 11.5 Å². The monoisotopic (exact) mass is 433 g/mol. The summed E-state index contributed by atoms with van der Waals surface area (Å²) in [4.78, 5) is 14.6. The van der Waals surface area contributed by atoms with Gasteiger partial charge in [0.1, 0.15) is 17.1 Å². The van der Waals surface area contributed by atoms with Gasteiger partial charge < -0.3 is 19.8 Å². The molecule has 2 aliphatic rings. The lowest BCUT2D eigenvalue weighted by atomic mass is 9.66. The van der Waals surface area contributed by atoms with Crippen molar-refractivity contribution in [1.82, 2.24) is 0 Å². The van der Waals surface area contributed by atoms with Crippen molar-refractivity contribution in [3.63, 3.8) is 0 Å². The Morgan fingerprint density at radius 3 is 2.71 bits per heavy atom. The molecule has 7 nitrogen and oxygen atoms in total. The minimum absolute atomic E-state index is 0.0540. The fraction of sp³-hybridized carbons (Fsp3) is 0.667. The van der Waals surface area contributed by atoms with Gasteiger partial charge in [0.05, 0.1) is 13.2 Å². The van der Waals surface area contributed by atoms with Gasteiger partial charge in [-0.2, -0.15) is 0 Å². The molecule has 31 heavy (non-hydrogen) atoms. The number of nitrogens with zero attached hydrogens (tertiary/aromatic N) is 1. The van der Waals surface area contributed by atoms with Crippen molar-refractivity contribution in [2.24, 2.45) is 5.92 Å². The number of aliphatic hydroxyl groups is 1. The molecule has 0 radical (unpaired) electrons. The van der Waals surface area contributed by atoms with Crippen molar-refractivity contribution >= 4 is 0 Å². The van der Waals surface area contributed by atoms with E-state index >= 15 is 0 Å². The van der Waals surface area contributed by atoms with Crippen LogP contribution in [-0.2, 0) is 10.3 Å². The number of ether oxygens (including phenoxy) is 1. The number of fused-ring (bicyclic) bond motifs is 3. The Kier molecular flexibility index (Phi) is 6.84. The van der Waals surface area contributed by atoms with Gasteiger partial charge in [0.25, 0.3) is 5.09 Å². The smallest absolute Gasteiger partial charge is 0.294 e. The standard InChI is InChI=1S/C24H35NO6/c1-23(2,10-6-5-7-11-30-25(28)29)17-13-20(27)22-18-12-16(15-26)8-9-19(18)24(3,4)31-21(22)14-17/h8,13-14,18-19,26-27H,5-7,9-12,15H2,1-4H3/t18-,19-/m1/s1. The molecule has 1 aliphatic heterocycles. The summed E-state index contributed by atoms with van der Waals surface area (Å²) >= 11 is 0. The van der Waals surface area contributed by atoms with Gasteiger partial charge in [-0.25, -0.2) is 0 Å². The second kappa shape index (κ2) is 9.07. The van der Waals surface area contributed by atoms with Crippen LogP contribution in [-0.4, -0.2) is 34.1 Å². The zero-order valence-corrected chi connectivity index (χ0v) is 19.0. The van der Waals surface area contributed by atoms with E-state index in [0.29, 0.717) is 6.42 Å². The highest BCUT2D eigenvalue weighted by atomic mass is 16.9. The Labute approximate surface area is 184 Å². The lowest BCUT2D eigenvalue weighted by Crippen LogP contribution is -2.45. The third kappa shape index (κ3) is 5.14. The van der Waals surface area contributed by atoms with Crippen LogP contribution in [0.4, 0.5) is 0 Å². The summed E-state index contributed by atoms with van der Waals surface area (Å²) in [6.45, 7) is 8.68. The molecule has 7 heteroatoms. The minimum Gasteiger partial charge on any atom is -0.508 e. The van der Waals surface area contributed by atoms with E-state index in [-0.39, 0.29) is 41.8 Å². The third-order valence-electron chi connectivity index (χ3n) is 7.01. The van der Waals surface area contributed by atoms with Crippen LogP contribution in [0, 0.1) is 16.0 Å². The number of allylic oxidation sites excluding steroid dienone is 1. The van der Waals surface area contributed by atoms with Crippen LogP contribution in [0.25, 0.3) is 0 Å². The summed E-state index contributed by atoms with van der Waals surface area (Å²) in [6.07, 6.45) is 6.97. The molecule has 0 unspecified atom stereocenters. The number of aromatic hydroxyl groups is 1. The summed E-state index contributed by atoms with van der Waals surface area (Å²) in [6, 6.07) is 3.93.